The maximum Gasteiger partial charge on any atom is 0.326 e. The zero-order valence-electron chi connectivity index (χ0n) is 10.9. The number of hydrogen-bond donors (Lipinski definition) is 4. The maximum absolute atomic E-state index is 12.8. The van der Waals surface area contributed by atoms with E-state index in [0.717, 1.165) is 0 Å². The third-order valence-corrected chi connectivity index (χ3v) is 2.79. The number of halogens is 1. The number of hydrogen-bond acceptors (Lipinski definition) is 4. The SMILES string of the molecule is C[C@@H](O)[C@H](N)C(=O)NC(Cc1ccc(F)cc1)C(=O)O. The van der Waals surface area contributed by atoms with Crippen LogP contribution in [0.1, 0.15) is 12.5 Å². The molecule has 6 nitrogen and oxygen atoms in total. The van der Waals surface area contributed by atoms with Crippen molar-refractivity contribution >= 4 is 11.9 Å². The molecule has 7 heteroatoms. The highest BCUT2D eigenvalue weighted by Gasteiger charge is 2.25. The molecule has 5 N–H and O–H groups in total. The molecule has 1 rings (SSSR count). The van der Waals surface area contributed by atoms with E-state index < -0.39 is 35.9 Å². The van der Waals surface area contributed by atoms with Crippen molar-refractivity contribution < 1.29 is 24.2 Å². The van der Waals surface area contributed by atoms with Gasteiger partial charge in [-0.2, -0.15) is 0 Å². The minimum Gasteiger partial charge on any atom is -0.480 e. The molecule has 0 spiro atoms. The predicted octanol–water partition coefficient (Wildman–Crippen LogP) is -0.354. The maximum atomic E-state index is 12.8. The first kappa shape index (κ1) is 16.1. The van der Waals surface area contributed by atoms with Gasteiger partial charge in [-0.3, -0.25) is 4.79 Å². The van der Waals surface area contributed by atoms with Gasteiger partial charge >= 0.3 is 5.97 Å². The number of nitrogens with two attached hydrogens (primary N) is 1. The Bertz CT molecular complexity index is 476. The molecule has 0 fully saturated rings. The highest BCUT2D eigenvalue weighted by atomic mass is 19.1. The number of carbonyl (C=O) groups excluding carboxylic acids is 1. The number of aliphatic carboxylic acids is 1. The Balaban J connectivity index is 2.72. The molecule has 1 amide bonds. The van der Waals surface area contributed by atoms with Crippen LogP contribution in [-0.4, -0.2) is 40.3 Å². The summed E-state index contributed by atoms with van der Waals surface area (Å²) >= 11 is 0. The molecule has 0 heterocycles. The second kappa shape index (κ2) is 6.97. The van der Waals surface area contributed by atoms with Gasteiger partial charge in [-0.15, -0.1) is 0 Å². The van der Waals surface area contributed by atoms with Crippen molar-refractivity contribution in [1.82, 2.24) is 5.32 Å². The average molecular weight is 284 g/mol. The van der Waals surface area contributed by atoms with Gasteiger partial charge < -0.3 is 21.3 Å². The van der Waals surface area contributed by atoms with E-state index in [1.165, 1.54) is 31.2 Å². The zero-order valence-corrected chi connectivity index (χ0v) is 10.9. The van der Waals surface area contributed by atoms with Crippen LogP contribution in [0, 0.1) is 5.82 Å². The molecule has 20 heavy (non-hydrogen) atoms. The minimum atomic E-state index is -1.24. The molecule has 1 aromatic carbocycles. The Morgan fingerprint density at radius 3 is 2.35 bits per heavy atom. The molecule has 0 radical (unpaired) electrons. The molecular weight excluding hydrogens is 267 g/mol. The molecule has 1 unspecified atom stereocenters. The van der Waals surface area contributed by atoms with Gasteiger partial charge in [0.15, 0.2) is 0 Å². The van der Waals surface area contributed by atoms with Gasteiger partial charge in [0.25, 0.3) is 0 Å². The van der Waals surface area contributed by atoms with E-state index in [4.69, 9.17) is 10.8 Å². The second-order valence-electron chi connectivity index (χ2n) is 4.50. The molecule has 110 valence electrons. The third-order valence-electron chi connectivity index (χ3n) is 2.79. The number of carboxylic acids is 1. The molecular formula is C13H17FN2O4. The fourth-order valence-corrected chi connectivity index (χ4v) is 1.54. The smallest absolute Gasteiger partial charge is 0.326 e. The molecule has 1 aromatic rings. The summed E-state index contributed by atoms with van der Waals surface area (Å²) in [5.74, 6) is -2.42. The first-order chi connectivity index (χ1) is 9.31. The molecule has 0 aromatic heterocycles. The Labute approximate surface area is 115 Å². The van der Waals surface area contributed by atoms with E-state index in [1.54, 1.807) is 0 Å². The molecule has 3 atom stereocenters. The van der Waals surface area contributed by atoms with Gasteiger partial charge in [-0.05, 0) is 24.6 Å². The monoisotopic (exact) mass is 284 g/mol. The lowest BCUT2D eigenvalue weighted by Gasteiger charge is -2.19. The van der Waals surface area contributed by atoms with Crippen LogP contribution in [0.25, 0.3) is 0 Å². The molecule has 0 saturated carbocycles. The van der Waals surface area contributed by atoms with E-state index in [9.17, 15) is 19.1 Å². The molecule has 0 aliphatic rings. The van der Waals surface area contributed by atoms with Crippen molar-refractivity contribution in [2.75, 3.05) is 0 Å². The Morgan fingerprint density at radius 1 is 1.35 bits per heavy atom. The lowest BCUT2D eigenvalue weighted by molar-refractivity contribution is -0.142. The highest BCUT2D eigenvalue weighted by Crippen LogP contribution is 2.06. The van der Waals surface area contributed by atoms with Crippen molar-refractivity contribution in [2.24, 2.45) is 5.73 Å². The van der Waals surface area contributed by atoms with Crippen LogP contribution in [-0.2, 0) is 16.0 Å². The summed E-state index contributed by atoms with van der Waals surface area (Å²) in [6.07, 6.45) is -1.09. The van der Waals surface area contributed by atoms with Gasteiger partial charge in [0.1, 0.15) is 17.9 Å². The quantitative estimate of drug-likeness (QED) is 0.570. The van der Waals surface area contributed by atoms with Crippen molar-refractivity contribution in [1.29, 1.82) is 0 Å². The van der Waals surface area contributed by atoms with Crippen LogP contribution in [0.4, 0.5) is 4.39 Å². The van der Waals surface area contributed by atoms with Gasteiger partial charge in [-0.25, -0.2) is 9.18 Å². The van der Waals surface area contributed by atoms with Crippen LogP contribution in [0.5, 0.6) is 0 Å². The molecule has 0 aliphatic heterocycles. The number of nitrogens with one attached hydrogen (secondary N) is 1. The van der Waals surface area contributed by atoms with E-state index in [0.29, 0.717) is 5.56 Å². The number of carboxylic acid groups (broad SMARTS) is 1. The van der Waals surface area contributed by atoms with Gasteiger partial charge in [-0.1, -0.05) is 12.1 Å². The number of aliphatic hydroxyl groups is 1. The topological polar surface area (TPSA) is 113 Å². The van der Waals surface area contributed by atoms with Crippen LogP contribution in [0.3, 0.4) is 0 Å². The molecule has 0 bridgehead atoms. The van der Waals surface area contributed by atoms with E-state index >= 15 is 0 Å². The lowest BCUT2D eigenvalue weighted by Crippen LogP contribution is -2.52. The summed E-state index contributed by atoms with van der Waals surface area (Å²) in [5, 5.41) is 20.5. The number of rotatable bonds is 6. The first-order valence-corrected chi connectivity index (χ1v) is 6.02. The average Bonchev–Trinajstić information content (AvgIpc) is 2.39. The van der Waals surface area contributed by atoms with Crippen LogP contribution >= 0.6 is 0 Å². The summed E-state index contributed by atoms with van der Waals surface area (Å²) in [5.41, 5.74) is 5.98. The fourth-order valence-electron chi connectivity index (χ4n) is 1.54. The zero-order chi connectivity index (χ0) is 15.3. The van der Waals surface area contributed by atoms with Crippen molar-refractivity contribution in [3.8, 4) is 0 Å². The number of amides is 1. The number of benzene rings is 1. The summed E-state index contributed by atoms with van der Waals surface area (Å²) in [7, 11) is 0. The predicted molar refractivity (Wildman–Crippen MR) is 69.3 cm³/mol. The summed E-state index contributed by atoms with van der Waals surface area (Å²) in [6.45, 7) is 1.33. The van der Waals surface area contributed by atoms with E-state index in [2.05, 4.69) is 5.32 Å². The molecule has 0 aliphatic carbocycles. The van der Waals surface area contributed by atoms with Crippen molar-refractivity contribution in [2.45, 2.75) is 31.5 Å². The van der Waals surface area contributed by atoms with Crippen LogP contribution in [0.15, 0.2) is 24.3 Å². The Hall–Kier alpha value is -1.99. The third kappa shape index (κ3) is 4.60. The van der Waals surface area contributed by atoms with E-state index in [1.807, 2.05) is 0 Å². The lowest BCUT2D eigenvalue weighted by atomic mass is 10.0. The van der Waals surface area contributed by atoms with Crippen molar-refractivity contribution in [3.63, 3.8) is 0 Å². The van der Waals surface area contributed by atoms with E-state index in [-0.39, 0.29) is 6.42 Å². The summed E-state index contributed by atoms with van der Waals surface area (Å²) in [4.78, 5) is 22.7. The van der Waals surface area contributed by atoms with Gasteiger partial charge in [0.2, 0.25) is 5.91 Å². The van der Waals surface area contributed by atoms with Gasteiger partial charge in [0.05, 0.1) is 6.10 Å². The minimum absolute atomic E-state index is 0.00607. The van der Waals surface area contributed by atoms with Crippen LogP contribution in [0.2, 0.25) is 0 Å². The van der Waals surface area contributed by atoms with Crippen LogP contribution < -0.4 is 11.1 Å². The normalized spacial score (nSPS) is 15.2. The van der Waals surface area contributed by atoms with Gasteiger partial charge in [0, 0.05) is 6.42 Å². The highest BCUT2D eigenvalue weighted by molar-refractivity contribution is 5.87. The Kier molecular flexibility index (Phi) is 5.60. The largest absolute Gasteiger partial charge is 0.480 e. The summed E-state index contributed by atoms with van der Waals surface area (Å²) < 4.78 is 12.8. The first-order valence-electron chi connectivity index (χ1n) is 6.02. The standard InChI is InChI=1S/C13H17FN2O4/c1-7(17)11(15)12(18)16-10(13(19)20)6-8-2-4-9(14)5-3-8/h2-5,7,10-11,17H,6,15H2,1H3,(H,16,18)(H,19,20)/t7-,10?,11+/m1/s1. The fraction of sp³-hybridized carbons (Fsp3) is 0.385. The number of aliphatic hydroxyl groups excluding tert-OH is 1. The molecule has 0 saturated heterocycles. The second-order valence-corrected chi connectivity index (χ2v) is 4.50. The Morgan fingerprint density at radius 2 is 1.90 bits per heavy atom. The number of carbonyl (C=O) groups is 2. The van der Waals surface area contributed by atoms with Crippen molar-refractivity contribution in [3.05, 3.63) is 35.6 Å². The summed E-state index contributed by atoms with van der Waals surface area (Å²) in [6, 6.07) is 2.88.